The zero-order valence-corrected chi connectivity index (χ0v) is 12.6. The van der Waals surface area contributed by atoms with E-state index >= 15 is 0 Å². The van der Waals surface area contributed by atoms with Crippen molar-refractivity contribution in [3.8, 4) is 0 Å². The maximum absolute atomic E-state index is 12.4. The van der Waals surface area contributed by atoms with E-state index in [1.54, 1.807) is 7.11 Å². The topological polar surface area (TPSA) is 53.0 Å². The number of carbonyl (C=O) groups excluding carboxylic acids is 1. The maximum atomic E-state index is 12.4. The summed E-state index contributed by atoms with van der Waals surface area (Å²) in [6, 6.07) is 8.28. The highest BCUT2D eigenvalue weighted by atomic mass is 16.5. The van der Waals surface area contributed by atoms with Gasteiger partial charge in [0.25, 0.3) is 0 Å². The monoisotopic (exact) mass is 292 g/mol. The lowest BCUT2D eigenvalue weighted by Gasteiger charge is -2.31. The normalized spacial score (nSPS) is 14.3. The molecule has 1 amide bonds. The summed E-state index contributed by atoms with van der Waals surface area (Å²) >= 11 is 0. The van der Waals surface area contributed by atoms with Gasteiger partial charge in [-0.3, -0.25) is 9.69 Å². The summed E-state index contributed by atoms with van der Waals surface area (Å²) in [5.41, 5.74) is 2.58. The molecule has 116 valence electrons. The van der Waals surface area contributed by atoms with E-state index in [0.717, 1.165) is 13.0 Å². The van der Waals surface area contributed by atoms with Gasteiger partial charge in [0.15, 0.2) is 0 Å². The molecule has 0 unspecified atom stereocenters. The lowest BCUT2D eigenvalue weighted by Crippen LogP contribution is -2.44. The number of rotatable bonds is 7. The van der Waals surface area contributed by atoms with Gasteiger partial charge in [-0.05, 0) is 17.5 Å². The largest absolute Gasteiger partial charge is 0.395 e. The maximum Gasteiger partial charge on any atom is 0.237 e. The van der Waals surface area contributed by atoms with Crippen LogP contribution in [0.3, 0.4) is 0 Å². The van der Waals surface area contributed by atoms with Gasteiger partial charge in [0.05, 0.1) is 19.8 Å². The Morgan fingerprint density at radius 1 is 1.33 bits per heavy atom. The molecule has 1 heterocycles. The summed E-state index contributed by atoms with van der Waals surface area (Å²) < 4.78 is 5.04. The number of amides is 1. The van der Waals surface area contributed by atoms with Crippen molar-refractivity contribution in [3.05, 3.63) is 35.4 Å². The molecule has 1 aliphatic heterocycles. The van der Waals surface area contributed by atoms with Gasteiger partial charge < -0.3 is 14.7 Å². The van der Waals surface area contributed by atoms with E-state index in [0.29, 0.717) is 32.8 Å². The molecule has 0 aromatic heterocycles. The Morgan fingerprint density at radius 3 is 2.81 bits per heavy atom. The van der Waals surface area contributed by atoms with E-state index in [1.807, 2.05) is 21.9 Å². The Bertz CT molecular complexity index is 465. The number of nitrogens with zero attached hydrogens (tertiary/aromatic N) is 2. The second kappa shape index (κ2) is 8.12. The second-order valence-electron chi connectivity index (χ2n) is 5.33. The van der Waals surface area contributed by atoms with Crippen LogP contribution in [0.2, 0.25) is 0 Å². The van der Waals surface area contributed by atoms with E-state index in [2.05, 4.69) is 12.1 Å². The first-order valence-corrected chi connectivity index (χ1v) is 7.41. The van der Waals surface area contributed by atoms with Gasteiger partial charge in [-0.1, -0.05) is 24.3 Å². The average Bonchev–Trinajstić information content (AvgIpc) is 2.52. The third-order valence-corrected chi connectivity index (χ3v) is 3.87. The number of carbonyl (C=O) groups is 1. The third-order valence-electron chi connectivity index (χ3n) is 3.87. The van der Waals surface area contributed by atoms with Crippen molar-refractivity contribution in [2.75, 3.05) is 46.5 Å². The molecule has 0 bridgehead atoms. The minimum Gasteiger partial charge on any atom is -0.395 e. The number of fused-ring (bicyclic) bond motifs is 1. The standard InChI is InChI=1S/C16H24N2O3/c1-21-11-9-17(8-10-19)13-16(20)18-7-6-14-4-2-3-5-15(14)12-18/h2-5,19H,6-13H2,1H3. The van der Waals surface area contributed by atoms with Crippen LogP contribution in [0.1, 0.15) is 11.1 Å². The lowest BCUT2D eigenvalue weighted by molar-refractivity contribution is -0.133. The fourth-order valence-corrected chi connectivity index (χ4v) is 2.63. The first-order chi connectivity index (χ1) is 10.2. The van der Waals surface area contributed by atoms with Crippen LogP contribution in [0, 0.1) is 0 Å². The van der Waals surface area contributed by atoms with Crippen molar-refractivity contribution < 1.29 is 14.6 Å². The molecule has 0 atom stereocenters. The van der Waals surface area contributed by atoms with Crippen molar-refractivity contribution in [1.82, 2.24) is 9.80 Å². The molecule has 0 saturated heterocycles. The van der Waals surface area contributed by atoms with Gasteiger partial charge in [-0.2, -0.15) is 0 Å². The molecule has 0 aliphatic carbocycles. The first kappa shape index (κ1) is 15.9. The van der Waals surface area contributed by atoms with E-state index in [9.17, 15) is 4.79 Å². The number of ether oxygens (including phenoxy) is 1. The number of hydrogen-bond donors (Lipinski definition) is 1. The van der Waals surface area contributed by atoms with Crippen LogP contribution in [-0.2, 0) is 22.5 Å². The number of benzene rings is 1. The molecule has 21 heavy (non-hydrogen) atoms. The molecular formula is C16H24N2O3. The van der Waals surface area contributed by atoms with E-state index < -0.39 is 0 Å². The van der Waals surface area contributed by atoms with Crippen molar-refractivity contribution in [2.45, 2.75) is 13.0 Å². The van der Waals surface area contributed by atoms with Crippen LogP contribution >= 0.6 is 0 Å². The molecule has 1 N–H and O–H groups in total. The smallest absolute Gasteiger partial charge is 0.237 e. The Labute approximate surface area is 126 Å². The highest BCUT2D eigenvalue weighted by Gasteiger charge is 2.21. The Kier molecular flexibility index (Phi) is 6.17. The number of hydrogen-bond acceptors (Lipinski definition) is 4. The number of aliphatic hydroxyl groups excluding tert-OH is 1. The molecule has 1 aromatic carbocycles. The van der Waals surface area contributed by atoms with Crippen molar-refractivity contribution >= 4 is 5.91 Å². The van der Waals surface area contributed by atoms with Gasteiger partial charge >= 0.3 is 0 Å². The van der Waals surface area contributed by atoms with Gasteiger partial charge in [0.1, 0.15) is 0 Å². The molecule has 0 fully saturated rings. The van der Waals surface area contributed by atoms with Crippen LogP contribution in [0.5, 0.6) is 0 Å². The summed E-state index contributed by atoms with van der Waals surface area (Å²) in [6.45, 7) is 3.58. The Balaban J connectivity index is 1.91. The number of methoxy groups -OCH3 is 1. The average molecular weight is 292 g/mol. The minimum atomic E-state index is 0.0554. The summed E-state index contributed by atoms with van der Waals surface area (Å²) in [7, 11) is 1.64. The van der Waals surface area contributed by atoms with Crippen LogP contribution < -0.4 is 0 Å². The van der Waals surface area contributed by atoms with E-state index in [4.69, 9.17) is 9.84 Å². The first-order valence-electron chi connectivity index (χ1n) is 7.41. The molecule has 0 saturated carbocycles. The molecule has 5 nitrogen and oxygen atoms in total. The summed E-state index contributed by atoms with van der Waals surface area (Å²) in [5.74, 6) is 0.119. The molecule has 2 rings (SSSR count). The van der Waals surface area contributed by atoms with Crippen molar-refractivity contribution in [1.29, 1.82) is 0 Å². The number of aliphatic hydroxyl groups is 1. The fourth-order valence-electron chi connectivity index (χ4n) is 2.63. The highest BCUT2D eigenvalue weighted by Crippen LogP contribution is 2.18. The van der Waals surface area contributed by atoms with Gasteiger partial charge in [-0.25, -0.2) is 0 Å². The lowest BCUT2D eigenvalue weighted by atomic mass is 10.00. The van der Waals surface area contributed by atoms with Gasteiger partial charge in [0, 0.05) is 33.3 Å². The molecule has 1 aromatic rings. The highest BCUT2D eigenvalue weighted by molar-refractivity contribution is 5.78. The predicted molar refractivity (Wildman–Crippen MR) is 81.0 cm³/mol. The molecule has 1 aliphatic rings. The van der Waals surface area contributed by atoms with E-state index in [1.165, 1.54) is 11.1 Å². The Hall–Kier alpha value is -1.43. The zero-order valence-electron chi connectivity index (χ0n) is 12.6. The van der Waals surface area contributed by atoms with Crippen LogP contribution in [-0.4, -0.2) is 67.3 Å². The molecule has 5 heteroatoms. The minimum absolute atomic E-state index is 0.0554. The second-order valence-corrected chi connectivity index (χ2v) is 5.33. The van der Waals surface area contributed by atoms with Crippen LogP contribution in [0.25, 0.3) is 0 Å². The summed E-state index contributed by atoms with van der Waals surface area (Å²) in [5, 5.41) is 9.08. The molecule has 0 radical (unpaired) electrons. The fraction of sp³-hybridized carbons (Fsp3) is 0.562. The van der Waals surface area contributed by atoms with Crippen molar-refractivity contribution in [3.63, 3.8) is 0 Å². The van der Waals surface area contributed by atoms with Crippen LogP contribution in [0.15, 0.2) is 24.3 Å². The summed E-state index contributed by atoms with van der Waals surface area (Å²) in [4.78, 5) is 16.3. The quantitative estimate of drug-likeness (QED) is 0.796. The summed E-state index contributed by atoms with van der Waals surface area (Å²) in [6.07, 6.45) is 0.917. The molecular weight excluding hydrogens is 268 g/mol. The van der Waals surface area contributed by atoms with Crippen molar-refractivity contribution in [2.24, 2.45) is 0 Å². The Morgan fingerprint density at radius 2 is 2.10 bits per heavy atom. The SMILES string of the molecule is COCCN(CCO)CC(=O)N1CCc2ccccc2C1. The van der Waals surface area contributed by atoms with Gasteiger partial charge in [0.2, 0.25) is 5.91 Å². The predicted octanol–water partition coefficient (Wildman–Crippen LogP) is 0.512. The van der Waals surface area contributed by atoms with Gasteiger partial charge in [-0.15, -0.1) is 0 Å². The zero-order chi connectivity index (χ0) is 15.1. The third kappa shape index (κ3) is 4.52. The van der Waals surface area contributed by atoms with E-state index in [-0.39, 0.29) is 12.5 Å². The van der Waals surface area contributed by atoms with Crippen LogP contribution in [0.4, 0.5) is 0 Å². The molecule has 0 spiro atoms.